The summed E-state index contributed by atoms with van der Waals surface area (Å²) in [6.07, 6.45) is 12.0. The second-order valence-corrected chi connectivity index (χ2v) is 9.41. The van der Waals surface area contributed by atoms with Crippen molar-refractivity contribution < 1.29 is 13.5 Å². The van der Waals surface area contributed by atoms with Crippen LogP contribution in [0.4, 0.5) is 8.78 Å². The van der Waals surface area contributed by atoms with E-state index in [0.29, 0.717) is 17.2 Å². The molecule has 2 saturated carbocycles. The summed E-state index contributed by atoms with van der Waals surface area (Å²) in [7, 11) is 1.48. The van der Waals surface area contributed by atoms with Gasteiger partial charge in [-0.05, 0) is 98.4 Å². The van der Waals surface area contributed by atoms with E-state index in [1.807, 2.05) is 12.1 Å². The van der Waals surface area contributed by atoms with Gasteiger partial charge >= 0.3 is 0 Å². The van der Waals surface area contributed by atoms with Gasteiger partial charge in [0.2, 0.25) is 0 Å². The van der Waals surface area contributed by atoms with Gasteiger partial charge < -0.3 is 4.74 Å². The zero-order valence-corrected chi connectivity index (χ0v) is 18.9. The molecule has 0 aliphatic heterocycles. The Balaban J connectivity index is 1.41. The number of rotatable bonds is 5. The standard InChI is InChI=1S/C29H32F2O/c1-3-4-5-20-6-7-24-17-25(13-12-23(24)16-20)26-11-10-21(28(30)18-26)8-9-22-14-15-27(32-2)19-29(22)31/h3,10-11,14-15,18-20,23-25H,1,4-7,12-13,16-17H2,2H3. The first-order valence-corrected chi connectivity index (χ1v) is 11.8. The zero-order chi connectivity index (χ0) is 22.5. The van der Waals surface area contributed by atoms with Gasteiger partial charge in [-0.25, -0.2) is 8.78 Å². The van der Waals surface area contributed by atoms with Gasteiger partial charge in [0.15, 0.2) is 0 Å². The minimum absolute atomic E-state index is 0.233. The fourth-order valence-corrected chi connectivity index (χ4v) is 5.65. The van der Waals surface area contributed by atoms with Gasteiger partial charge in [-0.15, -0.1) is 6.58 Å². The van der Waals surface area contributed by atoms with E-state index >= 15 is 0 Å². The largest absolute Gasteiger partial charge is 0.497 e. The minimum Gasteiger partial charge on any atom is -0.497 e. The van der Waals surface area contributed by atoms with Crippen LogP contribution in [-0.4, -0.2) is 7.11 Å². The van der Waals surface area contributed by atoms with Crippen molar-refractivity contribution in [1.29, 1.82) is 0 Å². The van der Waals surface area contributed by atoms with Crippen molar-refractivity contribution in [3.8, 4) is 17.6 Å². The highest BCUT2D eigenvalue weighted by molar-refractivity contribution is 5.46. The van der Waals surface area contributed by atoms with E-state index in [4.69, 9.17) is 4.74 Å². The maximum Gasteiger partial charge on any atom is 0.142 e. The normalized spacial score (nSPS) is 24.7. The number of benzene rings is 2. The van der Waals surface area contributed by atoms with Crippen molar-refractivity contribution in [2.24, 2.45) is 17.8 Å². The summed E-state index contributed by atoms with van der Waals surface area (Å²) in [5.41, 5.74) is 1.62. The fraction of sp³-hybridized carbons (Fsp3) is 0.448. The third-order valence-corrected chi connectivity index (χ3v) is 7.47. The highest BCUT2D eigenvalue weighted by Gasteiger charge is 2.35. The highest BCUT2D eigenvalue weighted by Crippen LogP contribution is 2.48. The van der Waals surface area contributed by atoms with E-state index in [9.17, 15) is 8.78 Å². The van der Waals surface area contributed by atoms with Gasteiger partial charge in [-0.1, -0.05) is 30.4 Å². The first kappa shape index (κ1) is 22.6. The summed E-state index contributed by atoms with van der Waals surface area (Å²) in [5.74, 6) is 8.08. The molecule has 4 atom stereocenters. The lowest BCUT2D eigenvalue weighted by molar-refractivity contribution is 0.115. The molecule has 1 nitrogen and oxygen atoms in total. The summed E-state index contributed by atoms with van der Waals surface area (Å²) >= 11 is 0. The van der Waals surface area contributed by atoms with Gasteiger partial charge in [0, 0.05) is 6.07 Å². The van der Waals surface area contributed by atoms with Crippen molar-refractivity contribution >= 4 is 0 Å². The third-order valence-electron chi connectivity index (χ3n) is 7.47. The number of allylic oxidation sites excluding steroid dienone is 1. The van der Waals surface area contributed by atoms with E-state index in [1.165, 1.54) is 51.7 Å². The van der Waals surface area contributed by atoms with Crippen molar-refractivity contribution in [2.75, 3.05) is 7.11 Å². The molecular weight excluding hydrogens is 402 g/mol. The van der Waals surface area contributed by atoms with E-state index in [1.54, 1.807) is 24.3 Å². The molecule has 2 aromatic carbocycles. The molecule has 0 N–H and O–H groups in total. The predicted molar refractivity (Wildman–Crippen MR) is 126 cm³/mol. The lowest BCUT2D eigenvalue weighted by atomic mass is 9.63. The molecule has 168 valence electrons. The summed E-state index contributed by atoms with van der Waals surface area (Å²) in [5, 5.41) is 0. The van der Waals surface area contributed by atoms with Crippen LogP contribution in [-0.2, 0) is 0 Å². The Morgan fingerprint density at radius 2 is 1.62 bits per heavy atom. The Bertz CT molecular complexity index is 1020. The molecule has 0 spiro atoms. The first-order valence-electron chi connectivity index (χ1n) is 11.8. The number of hydrogen-bond donors (Lipinski definition) is 0. The maximum atomic E-state index is 14.8. The SMILES string of the molecule is C=CCCC1CCC2CC(c3ccc(C#Cc4ccc(OC)cc4F)c(F)c3)CCC2C1. The monoisotopic (exact) mass is 434 g/mol. The second kappa shape index (κ2) is 10.3. The molecule has 4 unspecified atom stereocenters. The van der Waals surface area contributed by atoms with E-state index < -0.39 is 5.82 Å². The number of ether oxygens (including phenoxy) is 1. The molecule has 0 heterocycles. The molecule has 0 amide bonds. The van der Waals surface area contributed by atoms with Crippen LogP contribution < -0.4 is 4.74 Å². The average Bonchev–Trinajstić information content (AvgIpc) is 2.82. The summed E-state index contributed by atoms with van der Waals surface area (Å²) in [6.45, 7) is 3.86. The summed E-state index contributed by atoms with van der Waals surface area (Å²) in [4.78, 5) is 0. The van der Waals surface area contributed by atoms with Crippen LogP contribution in [0.15, 0.2) is 49.1 Å². The lowest BCUT2D eigenvalue weighted by Crippen LogP contribution is -2.30. The lowest BCUT2D eigenvalue weighted by Gasteiger charge is -2.42. The van der Waals surface area contributed by atoms with Gasteiger partial charge in [-0.3, -0.25) is 0 Å². The quantitative estimate of drug-likeness (QED) is 0.347. The number of fused-ring (bicyclic) bond motifs is 1. The Kier molecular flexibility index (Phi) is 7.30. The number of methoxy groups -OCH3 is 1. The van der Waals surface area contributed by atoms with Gasteiger partial charge in [0.05, 0.1) is 18.2 Å². The van der Waals surface area contributed by atoms with Crippen LogP contribution in [0.2, 0.25) is 0 Å². The van der Waals surface area contributed by atoms with Crippen molar-refractivity contribution in [3.05, 3.63) is 77.4 Å². The molecular formula is C29H32F2O. The molecule has 2 aliphatic rings. The van der Waals surface area contributed by atoms with Crippen LogP contribution in [0.25, 0.3) is 0 Å². The number of halogens is 2. The minimum atomic E-state index is -0.468. The highest BCUT2D eigenvalue weighted by atomic mass is 19.1. The maximum absolute atomic E-state index is 14.8. The molecule has 2 aromatic rings. The molecule has 2 aliphatic carbocycles. The van der Waals surface area contributed by atoms with Gasteiger partial charge in [0.1, 0.15) is 17.4 Å². The van der Waals surface area contributed by atoms with Gasteiger partial charge in [0.25, 0.3) is 0 Å². The Morgan fingerprint density at radius 3 is 2.31 bits per heavy atom. The Labute approximate surface area is 190 Å². The molecule has 0 saturated heterocycles. The van der Waals surface area contributed by atoms with Crippen molar-refractivity contribution in [3.63, 3.8) is 0 Å². The predicted octanol–water partition coefficient (Wildman–Crippen LogP) is 7.64. The average molecular weight is 435 g/mol. The molecule has 3 heteroatoms. The molecule has 0 aromatic heterocycles. The third kappa shape index (κ3) is 5.23. The first-order chi connectivity index (χ1) is 15.6. The van der Waals surface area contributed by atoms with Crippen LogP contribution in [0.5, 0.6) is 5.75 Å². The van der Waals surface area contributed by atoms with Crippen LogP contribution >= 0.6 is 0 Å². The van der Waals surface area contributed by atoms with Crippen LogP contribution in [0, 0.1) is 41.2 Å². The van der Waals surface area contributed by atoms with Crippen LogP contribution in [0.1, 0.15) is 74.0 Å². The molecule has 2 fully saturated rings. The molecule has 4 rings (SSSR count). The summed E-state index contributed by atoms with van der Waals surface area (Å²) < 4.78 is 33.9. The van der Waals surface area contributed by atoms with E-state index in [0.717, 1.165) is 36.2 Å². The second-order valence-electron chi connectivity index (χ2n) is 9.41. The zero-order valence-electron chi connectivity index (χ0n) is 18.9. The smallest absolute Gasteiger partial charge is 0.142 e. The van der Waals surface area contributed by atoms with Crippen LogP contribution in [0.3, 0.4) is 0 Å². The van der Waals surface area contributed by atoms with E-state index in [2.05, 4.69) is 18.4 Å². The van der Waals surface area contributed by atoms with Gasteiger partial charge in [-0.2, -0.15) is 0 Å². The fourth-order valence-electron chi connectivity index (χ4n) is 5.65. The van der Waals surface area contributed by atoms with E-state index in [-0.39, 0.29) is 11.4 Å². The number of hydrogen-bond acceptors (Lipinski definition) is 1. The topological polar surface area (TPSA) is 9.23 Å². The van der Waals surface area contributed by atoms with Crippen molar-refractivity contribution in [2.45, 2.75) is 57.3 Å². The molecule has 0 radical (unpaired) electrons. The summed E-state index contributed by atoms with van der Waals surface area (Å²) in [6, 6.07) is 9.89. The molecule has 0 bridgehead atoms. The van der Waals surface area contributed by atoms with Crippen molar-refractivity contribution in [1.82, 2.24) is 0 Å². The molecule has 32 heavy (non-hydrogen) atoms. The Morgan fingerprint density at radius 1 is 0.938 bits per heavy atom. The Hall–Kier alpha value is -2.60.